The number of hydrogen-bond donors (Lipinski definition) is 1. The minimum atomic E-state index is -0.832. The van der Waals surface area contributed by atoms with Crippen LogP contribution in [0.5, 0.6) is 0 Å². The molecule has 0 fully saturated rings. The normalized spacial score (nSPS) is 17.6. The van der Waals surface area contributed by atoms with Crippen molar-refractivity contribution in [3.05, 3.63) is 35.4 Å². The molecule has 1 aliphatic heterocycles. The van der Waals surface area contributed by atoms with Gasteiger partial charge in [-0.2, -0.15) is 0 Å². The first-order valence-electron chi connectivity index (χ1n) is 6.13. The number of Topliss-reactive ketones (excluding diaryl/α,β-unsaturated/α-hetero) is 1. The maximum atomic E-state index is 13.5. The molecule has 1 aliphatic rings. The first-order chi connectivity index (χ1) is 8.87. The molecule has 0 amide bonds. The standard InChI is InChI=1S/C14H16F2N2O/c1-14(2)7-17-13(18-8-14)6-12(19)10-4-3-9(15)5-11(10)16/h3-5H,6-8H2,1-2H3,(H,17,18). The molecule has 19 heavy (non-hydrogen) atoms. The average molecular weight is 266 g/mol. The number of amidine groups is 1. The van der Waals surface area contributed by atoms with E-state index in [0.29, 0.717) is 18.4 Å². The number of halogens is 2. The van der Waals surface area contributed by atoms with Gasteiger partial charge in [-0.15, -0.1) is 0 Å². The third-order valence-electron chi connectivity index (χ3n) is 3.03. The number of hydrogen-bond acceptors (Lipinski definition) is 3. The number of carbonyl (C=O) groups is 1. The molecule has 0 aliphatic carbocycles. The van der Waals surface area contributed by atoms with E-state index in [2.05, 4.69) is 24.2 Å². The second kappa shape index (κ2) is 5.07. The molecule has 3 nitrogen and oxygen atoms in total. The van der Waals surface area contributed by atoms with Gasteiger partial charge < -0.3 is 5.32 Å². The van der Waals surface area contributed by atoms with Gasteiger partial charge in [-0.05, 0) is 12.1 Å². The van der Waals surface area contributed by atoms with Crippen LogP contribution in [-0.2, 0) is 0 Å². The van der Waals surface area contributed by atoms with E-state index in [1.807, 2.05) is 0 Å². The van der Waals surface area contributed by atoms with E-state index in [1.165, 1.54) is 6.07 Å². The zero-order valence-corrected chi connectivity index (χ0v) is 11.0. The van der Waals surface area contributed by atoms with Crippen LogP contribution in [0.15, 0.2) is 23.2 Å². The fourth-order valence-electron chi connectivity index (χ4n) is 1.84. The van der Waals surface area contributed by atoms with Gasteiger partial charge in [-0.25, -0.2) is 8.78 Å². The molecule has 1 aromatic rings. The van der Waals surface area contributed by atoms with Crippen molar-refractivity contribution in [2.45, 2.75) is 20.3 Å². The highest BCUT2D eigenvalue weighted by Crippen LogP contribution is 2.18. The molecule has 2 rings (SSSR count). The molecule has 0 saturated carbocycles. The van der Waals surface area contributed by atoms with E-state index in [0.717, 1.165) is 12.6 Å². The van der Waals surface area contributed by atoms with Crippen LogP contribution in [0.3, 0.4) is 0 Å². The summed E-state index contributed by atoms with van der Waals surface area (Å²) < 4.78 is 26.2. The second-order valence-electron chi connectivity index (χ2n) is 5.50. The Labute approximate surface area is 110 Å². The molecule has 0 radical (unpaired) electrons. The van der Waals surface area contributed by atoms with Crippen LogP contribution in [0.25, 0.3) is 0 Å². The quantitative estimate of drug-likeness (QED) is 0.854. The molecular weight excluding hydrogens is 250 g/mol. The topological polar surface area (TPSA) is 41.5 Å². The van der Waals surface area contributed by atoms with Crippen molar-refractivity contribution < 1.29 is 13.6 Å². The molecule has 1 aromatic carbocycles. The molecular formula is C14H16F2N2O. The smallest absolute Gasteiger partial charge is 0.173 e. The monoisotopic (exact) mass is 266 g/mol. The highest BCUT2D eigenvalue weighted by Gasteiger charge is 2.24. The zero-order chi connectivity index (χ0) is 14.0. The Kier molecular flexibility index (Phi) is 3.64. The van der Waals surface area contributed by atoms with Crippen LogP contribution in [0.2, 0.25) is 0 Å². The van der Waals surface area contributed by atoms with Gasteiger partial charge in [0.25, 0.3) is 0 Å². The van der Waals surface area contributed by atoms with Crippen molar-refractivity contribution in [1.82, 2.24) is 5.32 Å². The molecule has 0 bridgehead atoms. The minimum Gasteiger partial charge on any atom is -0.373 e. The third-order valence-corrected chi connectivity index (χ3v) is 3.03. The molecule has 102 valence electrons. The third kappa shape index (κ3) is 3.36. The number of nitrogens with one attached hydrogen (secondary N) is 1. The van der Waals surface area contributed by atoms with Crippen LogP contribution in [0.1, 0.15) is 30.6 Å². The second-order valence-corrected chi connectivity index (χ2v) is 5.50. The Hall–Kier alpha value is -1.78. The summed E-state index contributed by atoms with van der Waals surface area (Å²) in [6.07, 6.45) is 0.0125. The average Bonchev–Trinajstić information content (AvgIpc) is 2.31. The Morgan fingerprint density at radius 1 is 1.42 bits per heavy atom. The lowest BCUT2D eigenvalue weighted by Crippen LogP contribution is -2.41. The van der Waals surface area contributed by atoms with E-state index in [-0.39, 0.29) is 17.4 Å². The van der Waals surface area contributed by atoms with Crippen molar-refractivity contribution in [1.29, 1.82) is 0 Å². The SMILES string of the molecule is CC1(C)CN=C(CC(=O)c2ccc(F)cc2F)NC1. The van der Waals surface area contributed by atoms with E-state index in [9.17, 15) is 13.6 Å². The molecule has 0 aromatic heterocycles. The maximum Gasteiger partial charge on any atom is 0.173 e. The number of aliphatic imine (C=N–C) groups is 1. The summed E-state index contributed by atoms with van der Waals surface area (Å²) in [5, 5.41) is 3.07. The van der Waals surface area contributed by atoms with Gasteiger partial charge in [0.05, 0.1) is 12.0 Å². The summed E-state index contributed by atoms with van der Waals surface area (Å²) >= 11 is 0. The first kappa shape index (κ1) is 13.6. The van der Waals surface area contributed by atoms with Crippen molar-refractivity contribution in [2.75, 3.05) is 13.1 Å². The highest BCUT2D eigenvalue weighted by atomic mass is 19.1. The lowest BCUT2D eigenvalue weighted by molar-refractivity contribution is 0.0995. The Bertz CT molecular complexity index is 538. The molecule has 5 heteroatoms. The first-order valence-corrected chi connectivity index (χ1v) is 6.13. The zero-order valence-electron chi connectivity index (χ0n) is 11.0. The Morgan fingerprint density at radius 2 is 2.16 bits per heavy atom. The predicted molar refractivity (Wildman–Crippen MR) is 69.4 cm³/mol. The number of nitrogens with zero attached hydrogens (tertiary/aromatic N) is 1. The summed E-state index contributed by atoms with van der Waals surface area (Å²) in [7, 11) is 0. The van der Waals surface area contributed by atoms with Crippen molar-refractivity contribution in [3.8, 4) is 0 Å². The molecule has 0 spiro atoms. The Balaban J connectivity index is 2.08. The number of ketones is 1. The molecule has 0 saturated heterocycles. The van der Waals surface area contributed by atoms with Gasteiger partial charge in [-0.1, -0.05) is 13.8 Å². The predicted octanol–water partition coefficient (Wildman–Crippen LogP) is 2.57. The van der Waals surface area contributed by atoms with Crippen LogP contribution < -0.4 is 5.32 Å². The van der Waals surface area contributed by atoms with E-state index < -0.39 is 17.4 Å². The van der Waals surface area contributed by atoms with Gasteiger partial charge in [0.1, 0.15) is 17.5 Å². The summed E-state index contributed by atoms with van der Waals surface area (Å²) in [4.78, 5) is 16.2. The van der Waals surface area contributed by atoms with Crippen molar-refractivity contribution in [3.63, 3.8) is 0 Å². The highest BCUT2D eigenvalue weighted by molar-refractivity contribution is 6.09. The van der Waals surface area contributed by atoms with Gasteiger partial charge in [-0.3, -0.25) is 9.79 Å². The van der Waals surface area contributed by atoms with Gasteiger partial charge >= 0.3 is 0 Å². The fraction of sp³-hybridized carbons (Fsp3) is 0.429. The maximum absolute atomic E-state index is 13.5. The molecule has 1 N–H and O–H groups in total. The van der Waals surface area contributed by atoms with Gasteiger partial charge in [0, 0.05) is 24.6 Å². The lowest BCUT2D eigenvalue weighted by Gasteiger charge is -2.28. The van der Waals surface area contributed by atoms with E-state index in [4.69, 9.17) is 0 Å². The van der Waals surface area contributed by atoms with Crippen LogP contribution in [0.4, 0.5) is 8.78 Å². The Morgan fingerprint density at radius 3 is 2.74 bits per heavy atom. The molecule has 0 atom stereocenters. The van der Waals surface area contributed by atoms with Crippen LogP contribution in [-0.4, -0.2) is 24.7 Å². The molecule has 0 unspecified atom stereocenters. The number of carbonyl (C=O) groups excluding carboxylic acids is 1. The largest absolute Gasteiger partial charge is 0.373 e. The summed E-state index contributed by atoms with van der Waals surface area (Å²) in [6, 6.07) is 2.96. The molecule has 1 heterocycles. The van der Waals surface area contributed by atoms with Crippen molar-refractivity contribution >= 4 is 11.6 Å². The van der Waals surface area contributed by atoms with E-state index >= 15 is 0 Å². The van der Waals surface area contributed by atoms with E-state index in [1.54, 1.807) is 0 Å². The summed E-state index contributed by atoms with van der Waals surface area (Å²) in [5.74, 6) is -1.36. The number of benzene rings is 1. The lowest BCUT2D eigenvalue weighted by atomic mass is 9.92. The van der Waals surface area contributed by atoms with Gasteiger partial charge in [0.2, 0.25) is 0 Å². The fourth-order valence-corrected chi connectivity index (χ4v) is 1.84. The number of rotatable bonds is 3. The minimum absolute atomic E-state index is 0.0125. The van der Waals surface area contributed by atoms with Crippen LogP contribution in [0, 0.1) is 17.0 Å². The van der Waals surface area contributed by atoms with Gasteiger partial charge in [0.15, 0.2) is 5.78 Å². The summed E-state index contributed by atoms with van der Waals surface area (Å²) in [6.45, 7) is 5.50. The van der Waals surface area contributed by atoms with Crippen LogP contribution >= 0.6 is 0 Å². The summed E-state index contributed by atoms with van der Waals surface area (Å²) in [5.41, 5.74) is -0.0380. The van der Waals surface area contributed by atoms with Crippen molar-refractivity contribution in [2.24, 2.45) is 10.4 Å².